The minimum Gasteiger partial charge on any atom is -0.384 e. The smallest absolute Gasteiger partial charge is 0.384 e. The lowest BCUT2D eigenvalue weighted by molar-refractivity contribution is -0.127. The maximum atomic E-state index is 13.3. The second kappa shape index (κ2) is 11.8. The van der Waals surface area contributed by atoms with E-state index in [1.165, 1.54) is 0 Å². The van der Waals surface area contributed by atoms with Crippen LogP contribution < -0.4 is 16.4 Å². The van der Waals surface area contributed by atoms with Crippen molar-refractivity contribution in [3.63, 3.8) is 0 Å². The van der Waals surface area contributed by atoms with E-state index in [9.17, 15) is 19.2 Å². The van der Waals surface area contributed by atoms with Gasteiger partial charge in [0.2, 0.25) is 11.7 Å². The summed E-state index contributed by atoms with van der Waals surface area (Å²) in [5, 5.41) is 9.89. The highest BCUT2D eigenvalue weighted by Crippen LogP contribution is 2.26. The van der Waals surface area contributed by atoms with Gasteiger partial charge < -0.3 is 15.1 Å². The van der Waals surface area contributed by atoms with E-state index >= 15 is 0 Å². The zero-order chi connectivity index (χ0) is 24.7. The summed E-state index contributed by atoms with van der Waals surface area (Å²) in [6.07, 6.45) is 4.70. The minimum atomic E-state index is -0.891. The Labute approximate surface area is 199 Å². The molecule has 0 unspecified atom stereocenters. The maximum Gasteiger partial charge on any atom is 0.437 e. The molecular formula is C25H34N4O5. The van der Waals surface area contributed by atoms with E-state index in [0.717, 1.165) is 30.4 Å². The third kappa shape index (κ3) is 6.21. The van der Waals surface area contributed by atoms with Crippen LogP contribution in [0.3, 0.4) is 0 Å². The van der Waals surface area contributed by atoms with Crippen LogP contribution in [0.4, 0.5) is 0 Å². The lowest BCUT2D eigenvalue weighted by atomic mass is 9.83. The molecule has 1 aromatic heterocycles. The lowest BCUT2D eigenvalue weighted by Gasteiger charge is -2.32. The van der Waals surface area contributed by atoms with Crippen molar-refractivity contribution in [2.45, 2.75) is 77.9 Å². The molecule has 1 heterocycles. The van der Waals surface area contributed by atoms with Crippen LogP contribution in [-0.4, -0.2) is 39.5 Å². The molecule has 1 aliphatic carbocycles. The molecule has 1 saturated carbocycles. The number of unbranched alkanes of at least 4 members (excludes halogenated alkanes) is 1. The molecule has 2 amide bonds. The van der Waals surface area contributed by atoms with Gasteiger partial charge in [0.25, 0.3) is 11.8 Å². The number of amides is 2. The lowest BCUT2D eigenvalue weighted by Crippen LogP contribution is -2.53. The molecule has 3 atom stereocenters. The van der Waals surface area contributed by atoms with E-state index in [1.807, 2.05) is 26.8 Å². The summed E-state index contributed by atoms with van der Waals surface area (Å²) in [4.78, 5) is 51.0. The number of carbonyl (C=O) groups is 3. The minimum absolute atomic E-state index is 0.221. The third-order valence-electron chi connectivity index (χ3n) is 6.24. The zero-order valence-electron chi connectivity index (χ0n) is 20.1. The SMILES string of the molecule is CCCCn1nc(C(=O)[C@@H](NC(=O)[C@@H]2CCCC[C@@H]2NC(=O)c2ccccc2)C(C)C)oc1=O. The molecule has 2 N–H and O–H groups in total. The summed E-state index contributed by atoms with van der Waals surface area (Å²) < 4.78 is 6.24. The summed E-state index contributed by atoms with van der Waals surface area (Å²) in [6, 6.07) is 7.67. The average molecular weight is 471 g/mol. The van der Waals surface area contributed by atoms with Crippen LogP contribution in [-0.2, 0) is 11.3 Å². The zero-order valence-corrected chi connectivity index (χ0v) is 20.1. The molecule has 2 aromatic rings. The molecule has 0 aliphatic heterocycles. The monoisotopic (exact) mass is 470 g/mol. The summed E-state index contributed by atoms with van der Waals surface area (Å²) >= 11 is 0. The standard InChI is InChI=1S/C25H34N4O5/c1-4-5-15-29-25(33)34-24(28-29)21(30)20(16(2)3)27-23(32)18-13-9-10-14-19(18)26-22(31)17-11-7-6-8-12-17/h6-8,11-12,16,18-20H,4-5,9-10,13-15H2,1-3H3,(H,26,31)(H,27,32)/t18-,19+,20+/m1/s1. The van der Waals surface area contributed by atoms with Crippen molar-refractivity contribution in [3.8, 4) is 0 Å². The van der Waals surface area contributed by atoms with Crippen LogP contribution in [0.5, 0.6) is 0 Å². The molecule has 0 saturated heterocycles. The number of aromatic nitrogens is 2. The number of Topliss-reactive ketones (excluding diaryl/α,β-unsaturated/α-hetero) is 1. The number of ketones is 1. The van der Waals surface area contributed by atoms with E-state index in [0.29, 0.717) is 24.9 Å². The van der Waals surface area contributed by atoms with Gasteiger partial charge >= 0.3 is 5.76 Å². The van der Waals surface area contributed by atoms with Crippen molar-refractivity contribution in [3.05, 3.63) is 52.3 Å². The first kappa shape index (κ1) is 25.4. The Morgan fingerprint density at radius 3 is 2.53 bits per heavy atom. The Hall–Kier alpha value is -3.23. The van der Waals surface area contributed by atoms with Gasteiger partial charge in [0.05, 0.1) is 12.0 Å². The first-order chi connectivity index (χ1) is 16.3. The number of hydrogen-bond acceptors (Lipinski definition) is 6. The molecule has 0 radical (unpaired) electrons. The number of carbonyl (C=O) groups excluding carboxylic acids is 3. The number of aryl methyl sites for hydroxylation is 1. The Kier molecular flexibility index (Phi) is 8.79. The van der Waals surface area contributed by atoms with E-state index in [-0.39, 0.29) is 29.7 Å². The number of hydrogen-bond donors (Lipinski definition) is 2. The second-order valence-electron chi connectivity index (χ2n) is 9.18. The van der Waals surface area contributed by atoms with Gasteiger partial charge in [0.1, 0.15) is 0 Å². The predicted molar refractivity (Wildman–Crippen MR) is 126 cm³/mol. The molecule has 0 bridgehead atoms. The Balaban J connectivity index is 1.71. The van der Waals surface area contributed by atoms with Gasteiger partial charge in [0.15, 0.2) is 0 Å². The highest BCUT2D eigenvalue weighted by atomic mass is 16.4. The molecular weight excluding hydrogens is 436 g/mol. The Morgan fingerprint density at radius 1 is 1.15 bits per heavy atom. The number of rotatable bonds is 10. The predicted octanol–water partition coefficient (Wildman–Crippen LogP) is 2.95. The molecule has 9 nitrogen and oxygen atoms in total. The van der Waals surface area contributed by atoms with Crippen molar-refractivity contribution in [1.29, 1.82) is 0 Å². The normalized spacial score (nSPS) is 18.9. The summed E-state index contributed by atoms with van der Waals surface area (Å²) in [5.41, 5.74) is 0.538. The molecule has 184 valence electrons. The summed E-state index contributed by atoms with van der Waals surface area (Å²) in [5.74, 6) is -2.72. The quantitative estimate of drug-likeness (QED) is 0.515. The van der Waals surface area contributed by atoms with E-state index in [2.05, 4.69) is 15.7 Å². The van der Waals surface area contributed by atoms with Gasteiger partial charge in [-0.25, -0.2) is 4.79 Å². The van der Waals surface area contributed by atoms with Crippen molar-refractivity contribution in [2.75, 3.05) is 0 Å². The largest absolute Gasteiger partial charge is 0.437 e. The molecule has 1 aliphatic rings. The van der Waals surface area contributed by atoms with Crippen molar-refractivity contribution < 1.29 is 18.8 Å². The fraction of sp³-hybridized carbons (Fsp3) is 0.560. The van der Waals surface area contributed by atoms with Crippen LogP contribution in [0.25, 0.3) is 0 Å². The van der Waals surface area contributed by atoms with E-state index < -0.39 is 23.5 Å². The van der Waals surface area contributed by atoms with Crippen molar-refractivity contribution >= 4 is 17.6 Å². The van der Waals surface area contributed by atoms with Crippen molar-refractivity contribution in [2.24, 2.45) is 11.8 Å². The topological polar surface area (TPSA) is 123 Å². The maximum absolute atomic E-state index is 13.3. The Bertz CT molecular complexity index is 1040. The van der Waals surface area contributed by atoms with Crippen LogP contribution in [0.2, 0.25) is 0 Å². The fourth-order valence-corrected chi connectivity index (χ4v) is 4.24. The van der Waals surface area contributed by atoms with Gasteiger partial charge in [-0.05, 0) is 37.3 Å². The molecule has 1 aromatic carbocycles. The van der Waals surface area contributed by atoms with Gasteiger partial charge in [-0.15, -0.1) is 5.10 Å². The van der Waals surface area contributed by atoms with Crippen molar-refractivity contribution in [1.82, 2.24) is 20.4 Å². The summed E-state index contributed by atoms with van der Waals surface area (Å²) in [7, 11) is 0. The molecule has 9 heteroatoms. The second-order valence-corrected chi connectivity index (χ2v) is 9.18. The van der Waals surface area contributed by atoms with Crippen LogP contribution >= 0.6 is 0 Å². The van der Waals surface area contributed by atoms with E-state index in [4.69, 9.17) is 4.42 Å². The Morgan fingerprint density at radius 2 is 1.85 bits per heavy atom. The molecule has 0 spiro atoms. The first-order valence-electron chi connectivity index (χ1n) is 12.1. The van der Waals surface area contributed by atoms with Crippen LogP contribution in [0.15, 0.2) is 39.5 Å². The highest BCUT2D eigenvalue weighted by molar-refractivity contribution is 5.99. The van der Waals surface area contributed by atoms with Gasteiger partial charge in [-0.2, -0.15) is 4.68 Å². The highest BCUT2D eigenvalue weighted by Gasteiger charge is 2.36. The molecule has 1 fully saturated rings. The number of nitrogens with one attached hydrogen (secondary N) is 2. The van der Waals surface area contributed by atoms with Crippen LogP contribution in [0, 0.1) is 11.8 Å². The number of benzene rings is 1. The van der Waals surface area contributed by atoms with Crippen LogP contribution in [0.1, 0.15) is 80.3 Å². The number of nitrogens with zero attached hydrogens (tertiary/aromatic N) is 2. The molecule has 3 rings (SSSR count). The first-order valence-corrected chi connectivity index (χ1v) is 12.1. The summed E-state index contributed by atoms with van der Waals surface area (Å²) in [6.45, 7) is 5.98. The molecule has 34 heavy (non-hydrogen) atoms. The average Bonchev–Trinajstić information content (AvgIpc) is 3.21. The fourth-order valence-electron chi connectivity index (χ4n) is 4.24. The third-order valence-corrected chi connectivity index (χ3v) is 6.24. The van der Waals surface area contributed by atoms with Gasteiger partial charge in [0, 0.05) is 18.2 Å². The van der Waals surface area contributed by atoms with Gasteiger partial charge in [-0.1, -0.05) is 58.2 Å². The van der Waals surface area contributed by atoms with Gasteiger partial charge in [-0.3, -0.25) is 14.4 Å². The van der Waals surface area contributed by atoms with E-state index in [1.54, 1.807) is 24.3 Å².